The van der Waals surface area contributed by atoms with Crippen molar-refractivity contribution < 1.29 is 14.7 Å². The normalized spacial score (nSPS) is 24.4. The number of amides is 1. The van der Waals surface area contributed by atoms with E-state index in [-0.39, 0.29) is 11.8 Å². The summed E-state index contributed by atoms with van der Waals surface area (Å²) in [6.45, 7) is 6.87. The van der Waals surface area contributed by atoms with E-state index in [9.17, 15) is 14.7 Å². The largest absolute Gasteiger partial charge is 0.481 e. The first kappa shape index (κ1) is 14.0. The third-order valence-corrected chi connectivity index (χ3v) is 3.93. The minimum absolute atomic E-state index is 0.0592. The highest BCUT2D eigenvalue weighted by molar-refractivity contribution is 5.80. The van der Waals surface area contributed by atoms with Gasteiger partial charge in [-0.15, -0.1) is 0 Å². The van der Waals surface area contributed by atoms with Crippen LogP contribution in [0.25, 0.3) is 0 Å². The van der Waals surface area contributed by atoms with E-state index in [0.717, 1.165) is 12.8 Å². The summed E-state index contributed by atoms with van der Waals surface area (Å²) in [5, 5.41) is 9.37. The van der Waals surface area contributed by atoms with Crippen LogP contribution < -0.4 is 0 Å². The summed E-state index contributed by atoms with van der Waals surface area (Å²) in [6, 6.07) is 0. The maximum atomic E-state index is 11.9. The van der Waals surface area contributed by atoms with Gasteiger partial charge in [0.05, 0.1) is 5.41 Å². The molecule has 1 amide bonds. The van der Waals surface area contributed by atoms with Gasteiger partial charge in [-0.2, -0.15) is 0 Å². The van der Waals surface area contributed by atoms with Crippen LogP contribution in [0.15, 0.2) is 0 Å². The molecular formula is C13H23NO3. The summed E-state index contributed by atoms with van der Waals surface area (Å²) in [6.07, 6.45) is 3.01. The molecule has 17 heavy (non-hydrogen) atoms. The Morgan fingerprint density at radius 1 is 1.41 bits per heavy atom. The van der Waals surface area contributed by atoms with Crippen molar-refractivity contribution >= 4 is 11.9 Å². The van der Waals surface area contributed by atoms with Crippen molar-refractivity contribution in [1.82, 2.24) is 4.90 Å². The molecule has 0 bridgehead atoms. The molecule has 1 fully saturated rings. The average molecular weight is 241 g/mol. The SMILES string of the molecule is CCCCC(=O)N1CCC(C(=O)O)(C(C)C)C1. The van der Waals surface area contributed by atoms with E-state index >= 15 is 0 Å². The van der Waals surface area contributed by atoms with Crippen LogP contribution in [-0.2, 0) is 9.59 Å². The molecule has 1 N–H and O–H groups in total. The quantitative estimate of drug-likeness (QED) is 0.802. The Labute approximate surface area is 103 Å². The highest BCUT2D eigenvalue weighted by Crippen LogP contribution is 2.38. The number of unbranched alkanes of at least 4 members (excludes halogenated alkanes) is 1. The van der Waals surface area contributed by atoms with E-state index in [1.807, 2.05) is 20.8 Å². The molecule has 1 unspecified atom stereocenters. The first-order valence-corrected chi connectivity index (χ1v) is 6.45. The number of rotatable bonds is 5. The molecule has 0 spiro atoms. The van der Waals surface area contributed by atoms with Crippen molar-refractivity contribution in [1.29, 1.82) is 0 Å². The number of carboxylic acid groups (broad SMARTS) is 1. The van der Waals surface area contributed by atoms with E-state index in [0.29, 0.717) is 25.9 Å². The molecule has 4 heteroatoms. The maximum absolute atomic E-state index is 11.9. The van der Waals surface area contributed by atoms with Gasteiger partial charge in [-0.25, -0.2) is 0 Å². The molecule has 1 rings (SSSR count). The maximum Gasteiger partial charge on any atom is 0.311 e. The van der Waals surface area contributed by atoms with E-state index in [1.165, 1.54) is 0 Å². The Morgan fingerprint density at radius 2 is 2.06 bits per heavy atom. The Bertz CT molecular complexity index is 301. The van der Waals surface area contributed by atoms with Crippen LogP contribution >= 0.6 is 0 Å². The fraction of sp³-hybridized carbons (Fsp3) is 0.846. The van der Waals surface area contributed by atoms with Gasteiger partial charge in [-0.3, -0.25) is 9.59 Å². The van der Waals surface area contributed by atoms with Crippen LogP contribution in [0.2, 0.25) is 0 Å². The van der Waals surface area contributed by atoms with Gasteiger partial charge in [-0.05, 0) is 18.8 Å². The first-order chi connectivity index (χ1) is 7.94. The van der Waals surface area contributed by atoms with E-state index in [2.05, 4.69) is 0 Å². The van der Waals surface area contributed by atoms with Crippen molar-refractivity contribution in [3.63, 3.8) is 0 Å². The lowest BCUT2D eigenvalue weighted by molar-refractivity contribution is -0.151. The third-order valence-electron chi connectivity index (χ3n) is 3.93. The van der Waals surface area contributed by atoms with Gasteiger partial charge in [0, 0.05) is 19.5 Å². The number of carboxylic acids is 1. The van der Waals surface area contributed by atoms with Gasteiger partial charge in [0.1, 0.15) is 0 Å². The highest BCUT2D eigenvalue weighted by atomic mass is 16.4. The molecule has 0 aromatic heterocycles. The molecule has 0 saturated carbocycles. The molecular weight excluding hydrogens is 218 g/mol. The zero-order valence-corrected chi connectivity index (χ0v) is 11.0. The Hall–Kier alpha value is -1.06. The predicted octanol–water partition coefficient (Wildman–Crippen LogP) is 2.14. The Kier molecular flexibility index (Phi) is 4.54. The summed E-state index contributed by atoms with van der Waals surface area (Å²) in [4.78, 5) is 25.0. The summed E-state index contributed by atoms with van der Waals surface area (Å²) in [7, 11) is 0. The van der Waals surface area contributed by atoms with Crippen LogP contribution in [-0.4, -0.2) is 35.0 Å². The number of hydrogen-bond donors (Lipinski definition) is 1. The second-order valence-corrected chi connectivity index (χ2v) is 5.28. The number of likely N-dealkylation sites (tertiary alicyclic amines) is 1. The van der Waals surface area contributed by atoms with Crippen molar-refractivity contribution in [2.45, 2.75) is 46.5 Å². The molecule has 1 heterocycles. The van der Waals surface area contributed by atoms with Crippen LogP contribution in [0.4, 0.5) is 0 Å². The van der Waals surface area contributed by atoms with Gasteiger partial charge >= 0.3 is 5.97 Å². The lowest BCUT2D eigenvalue weighted by atomic mass is 9.76. The second-order valence-electron chi connectivity index (χ2n) is 5.28. The zero-order chi connectivity index (χ0) is 13.1. The number of carbonyl (C=O) groups excluding carboxylic acids is 1. The van der Waals surface area contributed by atoms with Gasteiger partial charge in [0.15, 0.2) is 0 Å². The number of hydrogen-bond acceptors (Lipinski definition) is 2. The molecule has 98 valence electrons. The number of nitrogens with zero attached hydrogens (tertiary/aromatic N) is 1. The minimum atomic E-state index is -0.765. The molecule has 0 aliphatic carbocycles. The summed E-state index contributed by atoms with van der Waals surface area (Å²) in [5.41, 5.74) is -0.734. The van der Waals surface area contributed by atoms with E-state index in [4.69, 9.17) is 0 Å². The molecule has 0 radical (unpaired) electrons. The molecule has 1 aliphatic heterocycles. The summed E-state index contributed by atoms with van der Waals surface area (Å²) in [5.74, 6) is -0.599. The Balaban J connectivity index is 2.67. The average Bonchev–Trinajstić information content (AvgIpc) is 2.72. The fourth-order valence-electron chi connectivity index (χ4n) is 2.42. The van der Waals surface area contributed by atoms with Crippen LogP contribution in [0.5, 0.6) is 0 Å². The molecule has 4 nitrogen and oxygen atoms in total. The van der Waals surface area contributed by atoms with Gasteiger partial charge < -0.3 is 10.0 Å². The molecule has 1 atom stereocenters. The van der Waals surface area contributed by atoms with Crippen molar-refractivity contribution in [2.24, 2.45) is 11.3 Å². The smallest absolute Gasteiger partial charge is 0.311 e. The first-order valence-electron chi connectivity index (χ1n) is 6.45. The third kappa shape index (κ3) is 2.79. The van der Waals surface area contributed by atoms with Crippen LogP contribution in [0, 0.1) is 11.3 Å². The summed E-state index contributed by atoms with van der Waals surface area (Å²) < 4.78 is 0. The monoisotopic (exact) mass is 241 g/mol. The Morgan fingerprint density at radius 3 is 2.47 bits per heavy atom. The number of aliphatic carboxylic acids is 1. The lowest BCUT2D eigenvalue weighted by Gasteiger charge is -2.28. The standard InChI is InChI=1S/C13H23NO3/c1-4-5-6-11(15)14-8-7-13(9-14,10(2)3)12(16)17/h10H,4-9H2,1-3H3,(H,16,17). The molecule has 1 saturated heterocycles. The minimum Gasteiger partial charge on any atom is -0.481 e. The molecule has 0 aromatic rings. The van der Waals surface area contributed by atoms with Gasteiger partial charge in [-0.1, -0.05) is 27.2 Å². The van der Waals surface area contributed by atoms with Crippen LogP contribution in [0.3, 0.4) is 0 Å². The lowest BCUT2D eigenvalue weighted by Crippen LogP contribution is -2.40. The predicted molar refractivity (Wildman–Crippen MR) is 65.6 cm³/mol. The van der Waals surface area contributed by atoms with Crippen molar-refractivity contribution in [2.75, 3.05) is 13.1 Å². The van der Waals surface area contributed by atoms with E-state index in [1.54, 1.807) is 4.90 Å². The van der Waals surface area contributed by atoms with Gasteiger partial charge in [0.25, 0.3) is 0 Å². The zero-order valence-electron chi connectivity index (χ0n) is 11.0. The molecule has 0 aromatic carbocycles. The topological polar surface area (TPSA) is 57.6 Å². The highest BCUT2D eigenvalue weighted by Gasteiger charge is 2.48. The second kappa shape index (κ2) is 5.52. The van der Waals surface area contributed by atoms with Crippen molar-refractivity contribution in [3.05, 3.63) is 0 Å². The summed E-state index contributed by atoms with van der Waals surface area (Å²) >= 11 is 0. The number of carbonyl (C=O) groups is 2. The van der Waals surface area contributed by atoms with E-state index < -0.39 is 11.4 Å². The van der Waals surface area contributed by atoms with Crippen LogP contribution in [0.1, 0.15) is 46.5 Å². The van der Waals surface area contributed by atoms with Gasteiger partial charge in [0.2, 0.25) is 5.91 Å². The fourth-order valence-corrected chi connectivity index (χ4v) is 2.42. The van der Waals surface area contributed by atoms with Crippen molar-refractivity contribution in [3.8, 4) is 0 Å². The molecule has 1 aliphatic rings.